The van der Waals surface area contributed by atoms with Crippen molar-refractivity contribution in [2.45, 2.75) is 25.6 Å². The Hall–Kier alpha value is -1.05. The Bertz CT molecular complexity index is 535. The molecule has 0 saturated carbocycles. The summed E-state index contributed by atoms with van der Waals surface area (Å²) < 4.78 is 0. The normalized spacial score (nSPS) is 12.4. The fraction of sp³-hybridized carbons (Fsp3) is 0.267. The first-order valence-corrected chi connectivity index (χ1v) is 6.70. The molecule has 0 bridgehead atoms. The van der Waals surface area contributed by atoms with Crippen molar-refractivity contribution in [3.63, 3.8) is 0 Å². The molecule has 0 amide bonds. The van der Waals surface area contributed by atoms with Gasteiger partial charge in [0, 0.05) is 23.3 Å². The first-order valence-electron chi connectivity index (χ1n) is 5.88. The van der Waals surface area contributed by atoms with Crippen LogP contribution in [0.5, 0.6) is 0 Å². The standard InChI is InChI=1S/C15H15Cl2N/c1-10-6-7-12(18-9-10)8-15(17)13-4-3-5-14(16)11(13)2/h3-7,9,15H,8H2,1-2H3. The number of alkyl halides is 1. The van der Waals surface area contributed by atoms with Gasteiger partial charge in [0.05, 0.1) is 5.38 Å². The Balaban J connectivity index is 2.19. The lowest BCUT2D eigenvalue weighted by Gasteiger charge is -2.13. The van der Waals surface area contributed by atoms with E-state index in [1.807, 2.05) is 44.3 Å². The van der Waals surface area contributed by atoms with Crippen molar-refractivity contribution in [3.8, 4) is 0 Å². The summed E-state index contributed by atoms with van der Waals surface area (Å²) in [5.74, 6) is 0. The Morgan fingerprint density at radius 2 is 1.94 bits per heavy atom. The maximum atomic E-state index is 6.46. The van der Waals surface area contributed by atoms with Gasteiger partial charge in [-0.1, -0.05) is 29.8 Å². The minimum Gasteiger partial charge on any atom is -0.261 e. The minimum absolute atomic E-state index is 0.0982. The molecule has 0 radical (unpaired) electrons. The molecule has 2 aromatic rings. The summed E-state index contributed by atoms with van der Waals surface area (Å²) in [7, 11) is 0. The highest BCUT2D eigenvalue weighted by Crippen LogP contribution is 2.30. The molecule has 0 aliphatic carbocycles. The van der Waals surface area contributed by atoms with Gasteiger partial charge in [-0.2, -0.15) is 0 Å². The molecule has 2 rings (SSSR count). The number of aromatic nitrogens is 1. The zero-order chi connectivity index (χ0) is 13.1. The molecule has 0 spiro atoms. The van der Waals surface area contributed by atoms with Gasteiger partial charge < -0.3 is 0 Å². The largest absolute Gasteiger partial charge is 0.261 e. The van der Waals surface area contributed by atoms with Crippen molar-refractivity contribution in [2.24, 2.45) is 0 Å². The SMILES string of the molecule is Cc1ccc(CC(Cl)c2cccc(Cl)c2C)nc1. The second-order valence-electron chi connectivity index (χ2n) is 4.45. The third kappa shape index (κ3) is 3.04. The highest BCUT2D eigenvalue weighted by Gasteiger charge is 2.13. The summed E-state index contributed by atoms with van der Waals surface area (Å²) in [6, 6.07) is 9.91. The molecule has 0 N–H and O–H groups in total. The van der Waals surface area contributed by atoms with Crippen LogP contribution in [0.4, 0.5) is 0 Å². The zero-order valence-electron chi connectivity index (χ0n) is 10.5. The van der Waals surface area contributed by atoms with Gasteiger partial charge in [0.15, 0.2) is 0 Å². The summed E-state index contributed by atoms with van der Waals surface area (Å²) in [5.41, 5.74) is 4.28. The van der Waals surface area contributed by atoms with Crippen LogP contribution in [0.15, 0.2) is 36.5 Å². The van der Waals surface area contributed by atoms with Gasteiger partial charge in [-0.05, 0) is 42.7 Å². The van der Waals surface area contributed by atoms with Crippen LogP contribution >= 0.6 is 23.2 Å². The quantitative estimate of drug-likeness (QED) is 0.730. The molecule has 1 heterocycles. The van der Waals surface area contributed by atoms with E-state index in [0.717, 1.165) is 27.4 Å². The summed E-state index contributed by atoms with van der Waals surface area (Å²) in [6.07, 6.45) is 2.58. The summed E-state index contributed by atoms with van der Waals surface area (Å²) in [6.45, 7) is 4.02. The van der Waals surface area contributed by atoms with Crippen LogP contribution < -0.4 is 0 Å². The maximum Gasteiger partial charge on any atom is 0.0643 e. The zero-order valence-corrected chi connectivity index (χ0v) is 12.0. The van der Waals surface area contributed by atoms with Gasteiger partial charge in [-0.3, -0.25) is 4.98 Å². The second kappa shape index (κ2) is 5.73. The molecule has 3 heteroatoms. The van der Waals surface area contributed by atoms with Gasteiger partial charge >= 0.3 is 0 Å². The van der Waals surface area contributed by atoms with E-state index >= 15 is 0 Å². The van der Waals surface area contributed by atoms with Crippen LogP contribution in [0.3, 0.4) is 0 Å². The first kappa shape index (κ1) is 13.4. The fourth-order valence-electron chi connectivity index (χ4n) is 1.88. The molecular formula is C15H15Cl2N. The lowest BCUT2D eigenvalue weighted by molar-refractivity contribution is 0.872. The molecule has 1 nitrogen and oxygen atoms in total. The lowest BCUT2D eigenvalue weighted by atomic mass is 10.0. The highest BCUT2D eigenvalue weighted by molar-refractivity contribution is 6.31. The van der Waals surface area contributed by atoms with Crippen molar-refractivity contribution in [2.75, 3.05) is 0 Å². The number of hydrogen-bond donors (Lipinski definition) is 0. The highest BCUT2D eigenvalue weighted by atomic mass is 35.5. The number of pyridine rings is 1. The van der Waals surface area contributed by atoms with Gasteiger partial charge in [0.25, 0.3) is 0 Å². The van der Waals surface area contributed by atoms with E-state index in [1.165, 1.54) is 0 Å². The first-order chi connectivity index (χ1) is 8.58. The number of rotatable bonds is 3. The number of hydrogen-bond acceptors (Lipinski definition) is 1. The number of nitrogens with zero attached hydrogens (tertiary/aromatic N) is 1. The molecule has 1 unspecified atom stereocenters. The van der Waals surface area contributed by atoms with Crippen molar-refractivity contribution < 1.29 is 0 Å². The van der Waals surface area contributed by atoms with E-state index in [2.05, 4.69) is 11.1 Å². The average Bonchev–Trinajstić information content (AvgIpc) is 2.35. The van der Waals surface area contributed by atoms with E-state index in [9.17, 15) is 0 Å². The molecule has 0 aliphatic rings. The van der Waals surface area contributed by atoms with Crippen LogP contribution in [0, 0.1) is 13.8 Å². The van der Waals surface area contributed by atoms with E-state index in [0.29, 0.717) is 6.42 Å². The molecule has 1 aromatic heterocycles. The number of benzene rings is 1. The van der Waals surface area contributed by atoms with Crippen LogP contribution in [-0.4, -0.2) is 4.98 Å². The maximum absolute atomic E-state index is 6.46. The van der Waals surface area contributed by atoms with Crippen molar-refractivity contribution in [1.29, 1.82) is 0 Å². The molecule has 0 saturated heterocycles. The smallest absolute Gasteiger partial charge is 0.0643 e. The summed E-state index contributed by atoms with van der Waals surface area (Å²) in [5, 5.41) is 0.661. The number of halogens is 2. The van der Waals surface area contributed by atoms with Crippen molar-refractivity contribution in [3.05, 3.63) is 63.9 Å². The van der Waals surface area contributed by atoms with Gasteiger partial charge in [0.1, 0.15) is 0 Å². The third-order valence-corrected chi connectivity index (χ3v) is 3.81. The van der Waals surface area contributed by atoms with Crippen LogP contribution in [0.1, 0.15) is 27.8 Å². The molecular weight excluding hydrogens is 265 g/mol. The van der Waals surface area contributed by atoms with Crippen molar-refractivity contribution >= 4 is 23.2 Å². The predicted octanol–water partition coefficient (Wildman–Crippen LogP) is 4.87. The number of aryl methyl sites for hydroxylation is 1. The predicted molar refractivity (Wildman–Crippen MR) is 77.5 cm³/mol. The van der Waals surface area contributed by atoms with Gasteiger partial charge in [0.2, 0.25) is 0 Å². The monoisotopic (exact) mass is 279 g/mol. The summed E-state index contributed by atoms with van der Waals surface area (Å²) >= 11 is 12.6. The van der Waals surface area contributed by atoms with E-state index in [-0.39, 0.29) is 5.38 Å². The van der Waals surface area contributed by atoms with Gasteiger partial charge in [-0.15, -0.1) is 11.6 Å². The third-order valence-electron chi connectivity index (χ3n) is 3.01. The van der Waals surface area contributed by atoms with Crippen molar-refractivity contribution in [1.82, 2.24) is 4.98 Å². The van der Waals surface area contributed by atoms with Crippen LogP contribution in [-0.2, 0) is 6.42 Å². The molecule has 18 heavy (non-hydrogen) atoms. The van der Waals surface area contributed by atoms with E-state index in [4.69, 9.17) is 23.2 Å². The van der Waals surface area contributed by atoms with Crippen LogP contribution in [0.25, 0.3) is 0 Å². The minimum atomic E-state index is -0.0982. The Morgan fingerprint density at radius 1 is 1.17 bits per heavy atom. The Kier molecular flexibility index (Phi) is 4.26. The summed E-state index contributed by atoms with van der Waals surface area (Å²) in [4.78, 5) is 4.38. The Labute approximate surface area is 118 Å². The molecule has 1 atom stereocenters. The topological polar surface area (TPSA) is 12.9 Å². The second-order valence-corrected chi connectivity index (χ2v) is 5.39. The average molecular weight is 280 g/mol. The molecule has 94 valence electrons. The molecule has 0 aliphatic heterocycles. The van der Waals surface area contributed by atoms with Crippen LogP contribution in [0.2, 0.25) is 5.02 Å². The van der Waals surface area contributed by atoms with Gasteiger partial charge in [-0.25, -0.2) is 0 Å². The fourth-order valence-corrected chi connectivity index (χ4v) is 2.45. The lowest BCUT2D eigenvalue weighted by Crippen LogP contribution is -2.00. The Morgan fingerprint density at radius 3 is 2.61 bits per heavy atom. The molecule has 1 aromatic carbocycles. The van der Waals surface area contributed by atoms with E-state index < -0.39 is 0 Å². The molecule has 0 fully saturated rings. The van der Waals surface area contributed by atoms with E-state index in [1.54, 1.807) is 0 Å².